The van der Waals surface area contributed by atoms with Gasteiger partial charge in [-0.2, -0.15) is 0 Å². The zero-order valence-corrected chi connectivity index (χ0v) is 16.7. The van der Waals surface area contributed by atoms with E-state index in [1.807, 2.05) is 29.7 Å². The van der Waals surface area contributed by atoms with Crippen LogP contribution in [-0.4, -0.2) is 38.8 Å². The summed E-state index contributed by atoms with van der Waals surface area (Å²) < 4.78 is 23.3. The van der Waals surface area contributed by atoms with Gasteiger partial charge in [-0.3, -0.25) is 4.79 Å². The number of nitrogens with two attached hydrogens (primary N) is 1. The van der Waals surface area contributed by atoms with Gasteiger partial charge in [0, 0.05) is 23.6 Å². The molecule has 7 heteroatoms. The summed E-state index contributed by atoms with van der Waals surface area (Å²) in [7, 11) is 6.14. The summed E-state index contributed by atoms with van der Waals surface area (Å²) >= 11 is 0. The molecule has 0 fully saturated rings. The van der Waals surface area contributed by atoms with Gasteiger partial charge < -0.3 is 29.2 Å². The minimum absolute atomic E-state index is 0.228. The molecule has 0 aliphatic rings. The number of ketones is 1. The molecule has 0 saturated heterocycles. The molecule has 28 heavy (non-hydrogen) atoms. The lowest BCUT2D eigenvalue weighted by molar-refractivity contribution is 0.103. The minimum atomic E-state index is -0.228. The van der Waals surface area contributed by atoms with Crippen molar-refractivity contribution in [3.8, 4) is 23.0 Å². The number of aromatic nitrogens is 1. The van der Waals surface area contributed by atoms with E-state index in [0.717, 1.165) is 10.9 Å². The van der Waals surface area contributed by atoms with E-state index < -0.39 is 0 Å². The third kappa shape index (κ3) is 2.98. The van der Waals surface area contributed by atoms with E-state index in [9.17, 15) is 4.79 Å². The number of fused-ring (bicyclic) bond motifs is 1. The number of aryl methyl sites for hydroxylation is 1. The molecule has 7 nitrogen and oxygen atoms in total. The molecule has 0 aliphatic carbocycles. The van der Waals surface area contributed by atoms with Gasteiger partial charge in [-0.05, 0) is 31.2 Å². The molecule has 148 valence electrons. The molecule has 0 amide bonds. The molecular formula is C21H24N2O5. The molecule has 2 aromatic carbocycles. The fourth-order valence-electron chi connectivity index (χ4n) is 3.41. The van der Waals surface area contributed by atoms with Gasteiger partial charge in [0.05, 0.1) is 39.6 Å². The van der Waals surface area contributed by atoms with Crippen LogP contribution < -0.4 is 24.7 Å². The Labute approximate surface area is 163 Å². The number of carbonyl (C=O) groups excluding carboxylic acids is 1. The fourth-order valence-corrected chi connectivity index (χ4v) is 3.41. The third-order valence-electron chi connectivity index (χ3n) is 4.77. The van der Waals surface area contributed by atoms with Crippen LogP contribution >= 0.6 is 0 Å². The summed E-state index contributed by atoms with van der Waals surface area (Å²) in [5.74, 6) is 1.71. The van der Waals surface area contributed by atoms with Crippen molar-refractivity contribution < 1.29 is 23.7 Å². The van der Waals surface area contributed by atoms with Gasteiger partial charge in [0.15, 0.2) is 11.5 Å². The molecule has 0 atom stereocenters. The second kappa shape index (κ2) is 7.72. The normalized spacial score (nSPS) is 10.8. The predicted octanol–water partition coefficient (Wildman–Crippen LogP) is 3.51. The van der Waals surface area contributed by atoms with Crippen LogP contribution in [0.3, 0.4) is 0 Å². The van der Waals surface area contributed by atoms with Crippen molar-refractivity contribution in [2.75, 3.05) is 34.2 Å². The molecule has 1 aromatic heterocycles. The van der Waals surface area contributed by atoms with Crippen molar-refractivity contribution in [1.29, 1.82) is 0 Å². The number of hydrogen-bond donors (Lipinski definition) is 1. The van der Waals surface area contributed by atoms with Crippen LogP contribution in [0.1, 0.15) is 23.0 Å². The highest BCUT2D eigenvalue weighted by Gasteiger charge is 2.24. The summed E-state index contributed by atoms with van der Waals surface area (Å²) in [4.78, 5) is 13.4. The van der Waals surface area contributed by atoms with E-state index in [2.05, 4.69) is 0 Å². The average molecular weight is 384 g/mol. The number of anilines is 1. The summed E-state index contributed by atoms with van der Waals surface area (Å²) in [6.07, 6.45) is 0. The van der Waals surface area contributed by atoms with Crippen LogP contribution in [0, 0.1) is 0 Å². The van der Waals surface area contributed by atoms with Gasteiger partial charge in [0.25, 0.3) is 0 Å². The maximum Gasteiger partial charge on any atom is 0.211 e. The summed E-state index contributed by atoms with van der Waals surface area (Å²) in [6.45, 7) is 2.54. The Kier molecular flexibility index (Phi) is 5.35. The van der Waals surface area contributed by atoms with Crippen molar-refractivity contribution in [2.24, 2.45) is 0 Å². The smallest absolute Gasteiger partial charge is 0.211 e. The quantitative estimate of drug-likeness (QED) is 0.628. The molecule has 3 rings (SSSR count). The number of nitrogens with zero attached hydrogens (tertiary/aromatic N) is 1. The molecule has 2 N–H and O–H groups in total. The van der Waals surface area contributed by atoms with Crippen molar-refractivity contribution >= 4 is 22.4 Å². The number of hydrogen-bond acceptors (Lipinski definition) is 6. The SMILES string of the molecule is CCn1c(C(=O)c2cc(OC)c(OC)c(OC)c2)c(N)c2ccc(OC)cc21. The zero-order chi connectivity index (χ0) is 20.4. The fraction of sp³-hybridized carbons (Fsp3) is 0.286. The third-order valence-corrected chi connectivity index (χ3v) is 4.77. The maximum atomic E-state index is 13.4. The largest absolute Gasteiger partial charge is 0.497 e. The van der Waals surface area contributed by atoms with E-state index in [0.29, 0.717) is 46.5 Å². The lowest BCUT2D eigenvalue weighted by Gasteiger charge is -2.14. The van der Waals surface area contributed by atoms with E-state index in [4.69, 9.17) is 24.7 Å². The first kappa shape index (κ1) is 19.4. The number of rotatable bonds is 7. The predicted molar refractivity (Wildman–Crippen MR) is 108 cm³/mol. The highest BCUT2D eigenvalue weighted by Crippen LogP contribution is 2.40. The lowest BCUT2D eigenvalue weighted by Crippen LogP contribution is -2.12. The van der Waals surface area contributed by atoms with Crippen LogP contribution in [0.25, 0.3) is 10.9 Å². The molecule has 1 heterocycles. The first-order valence-corrected chi connectivity index (χ1v) is 8.81. The Morgan fingerprint density at radius 3 is 2.11 bits per heavy atom. The monoisotopic (exact) mass is 384 g/mol. The van der Waals surface area contributed by atoms with Crippen molar-refractivity contribution in [3.63, 3.8) is 0 Å². The van der Waals surface area contributed by atoms with Crippen molar-refractivity contribution in [1.82, 2.24) is 4.57 Å². The van der Waals surface area contributed by atoms with E-state index in [1.165, 1.54) is 21.3 Å². The van der Waals surface area contributed by atoms with Crippen LogP contribution in [0.4, 0.5) is 5.69 Å². The second-order valence-corrected chi connectivity index (χ2v) is 6.13. The van der Waals surface area contributed by atoms with Crippen molar-refractivity contribution in [3.05, 3.63) is 41.6 Å². The minimum Gasteiger partial charge on any atom is -0.497 e. The Morgan fingerprint density at radius 1 is 0.964 bits per heavy atom. The van der Waals surface area contributed by atoms with Gasteiger partial charge in [-0.15, -0.1) is 0 Å². The molecule has 0 radical (unpaired) electrons. The van der Waals surface area contributed by atoms with Gasteiger partial charge in [0.2, 0.25) is 11.5 Å². The van der Waals surface area contributed by atoms with Crippen LogP contribution in [0.2, 0.25) is 0 Å². The van der Waals surface area contributed by atoms with Gasteiger partial charge in [0.1, 0.15) is 11.4 Å². The Morgan fingerprint density at radius 2 is 1.61 bits per heavy atom. The van der Waals surface area contributed by atoms with Gasteiger partial charge in [-0.25, -0.2) is 0 Å². The molecule has 0 aliphatic heterocycles. The second-order valence-electron chi connectivity index (χ2n) is 6.13. The van der Waals surface area contributed by atoms with E-state index >= 15 is 0 Å². The highest BCUT2D eigenvalue weighted by molar-refractivity contribution is 6.16. The lowest BCUT2D eigenvalue weighted by atomic mass is 10.1. The first-order valence-electron chi connectivity index (χ1n) is 8.81. The van der Waals surface area contributed by atoms with Gasteiger partial charge >= 0.3 is 0 Å². The van der Waals surface area contributed by atoms with Crippen LogP contribution in [-0.2, 0) is 6.54 Å². The standard InChI is InChI=1S/C21H24N2O5/c1-6-23-15-11-13(25-2)7-8-14(15)18(22)19(23)20(24)12-9-16(26-3)21(28-5)17(10-12)27-4/h7-11H,6,22H2,1-5H3. The molecule has 0 saturated carbocycles. The summed E-state index contributed by atoms with van der Waals surface area (Å²) in [5.41, 5.74) is 8.46. The van der Waals surface area contributed by atoms with Crippen LogP contribution in [0.5, 0.6) is 23.0 Å². The molecule has 0 bridgehead atoms. The Bertz CT molecular complexity index is 1010. The van der Waals surface area contributed by atoms with E-state index in [-0.39, 0.29) is 5.78 Å². The molecule has 3 aromatic rings. The topological polar surface area (TPSA) is 84.9 Å². The average Bonchev–Trinajstić information content (AvgIpc) is 3.02. The number of carbonyl (C=O) groups is 1. The van der Waals surface area contributed by atoms with E-state index in [1.54, 1.807) is 19.2 Å². The van der Waals surface area contributed by atoms with Crippen LogP contribution in [0.15, 0.2) is 30.3 Å². The summed E-state index contributed by atoms with van der Waals surface area (Å²) in [5, 5.41) is 0.804. The number of nitrogen functional groups attached to an aromatic ring is 1. The first-order chi connectivity index (χ1) is 13.5. The van der Waals surface area contributed by atoms with Crippen molar-refractivity contribution in [2.45, 2.75) is 13.5 Å². The number of methoxy groups -OCH3 is 4. The van der Waals surface area contributed by atoms with Gasteiger partial charge in [-0.1, -0.05) is 0 Å². The maximum absolute atomic E-state index is 13.4. The Balaban J connectivity index is 2.23. The Hall–Kier alpha value is -3.35. The summed E-state index contributed by atoms with van der Waals surface area (Å²) in [6, 6.07) is 8.82. The highest BCUT2D eigenvalue weighted by atomic mass is 16.5. The number of ether oxygens (including phenoxy) is 4. The number of benzene rings is 2. The molecule has 0 spiro atoms. The molecular weight excluding hydrogens is 360 g/mol. The molecule has 0 unspecified atom stereocenters. The zero-order valence-electron chi connectivity index (χ0n) is 16.7.